The van der Waals surface area contributed by atoms with Crippen molar-refractivity contribution in [1.82, 2.24) is 4.98 Å². The molecular weight excluding hydrogens is 349 g/mol. The fraction of sp³-hybridized carbons (Fsp3) is 0.214. The van der Waals surface area contributed by atoms with Crippen molar-refractivity contribution in [2.24, 2.45) is 0 Å². The number of ether oxygens (including phenoxy) is 1. The molecule has 2 rings (SSSR count). The van der Waals surface area contributed by atoms with Crippen LogP contribution in [0.15, 0.2) is 17.5 Å². The van der Waals surface area contributed by atoms with E-state index in [1.165, 1.54) is 26.2 Å². The van der Waals surface area contributed by atoms with Crippen molar-refractivity contribution in [2.75, 3.05) is 12.4 Å². The van der Waals surface area contributed by atoms with Gasteiger partial charge in [-0.15, -0.1) is 11.3 Å². The van der Waals surface area contributed by atoms with Gasteiger partial charge in [0, 0.05) is 10.9 Å². The predicted octanol–water partition coefficient (Wildman–Crippen LogP) is 3.43. The molecule has 6 nitrogen and oxygen atoms in total. The SMILES string of the molecule is COc1ccc(C(=O)O)c(NC(=O)c2nc(C(F)(F)F)cs2)c1C. The second-order valence-corrected chi connectivity index (χ2v) is 5.47. The largest absolute Gasteiger partial charge is 0.496 e. The molecule has 24 heavy (non-hydrogen) atoms. The molecule has 2 aromatic rings. The van der Waals surface area contributed by atoms with E-state index in [4.69, 9.17) is 4.74 Å². The van der Waals surface area contributed by atoms with E-state index in [-0.39, 0.29) is 11.3 Å². The molecule has 0 aliphatic heterocycles. The van der Waals surface area contributed by atoms with Gasteiger partial charge in [-0.2, -0.15) is 13.2 Å². The highest BCUT2D eigenvalue weighted by Crippen LogP contribution is 2.32. The van der Waals surface area contributed by atoms with E-state index in [2.05, 4.69) is 10.3 Å². The van der Waals surface area contributed by atoms with Gasteiger partial charge in [-0.05, 0) is 19.1 Å². The van der Waals surface area contributed by atoms with E-state index in [1.807, 2.05) is 0 Å². The summed E-state index contributed by atoms with van der Waals surface area (Å²) in [6, 6.07) is 2.65. The zero-order valence-electron chi connectivity index (χ0n) is 12.4. The highest BCUT2D eigenvalue weighted by molar-refractivity contribution is 7.11. The number of carbonyl (C=O) groups excluding carboxylic acids is 1. The zero-order chi connectivity index (χ0) is 18.1. The molecule has 0 saturated carbocycles. The van der Waals surface area contributed by atoms with Crippen LogP contribution in [-0.4, -0.2) is 29.1 Å². The third-order valence-electron chi connectivity index (χ3n) is 3.09. The molecule has 0 fully saturated rings. The molecule has 0 unspecified atom stereocenters. The van der Waals surface area contributed by atoms with Crippen LogP contribution in [-0.2, 0) is 6.18 Å². The normalized spacial score (nSPS) is 11.2. The van der Waals surface area contributed by atoms with Crippen LogP contribution in [0, 0.1) is 6.92 Å². The first-order chi connectivity index (χ1) is 11.1. The Morgan fingerprint density at radius 2 is 2.00 bits per heavy atom. The molecular formula is C14H11F3N2O4S. The number of carbonyl (C=O) groups is 2. The van der Waals surface area contributed by atoms with Crippen LogP contribution in [0.2, 0.25) is 0 Å². The number of alkyl halides is 3. The van der Waals surface area contributed by atoms with Crippen molar-refractivity contribution in [1.29, 1.82) is 0 Å². The van der Waals surface area contributed by atoms with Gasteiger partial charge in [0.1, 0.15) is 5.75 Å². The number of carboxylic acids is 1. The third kappa shape index (κ3) is 3.48. The number of methoxy groups -OCH3 is 1. The first kappa shape index (κ1) is 17.7. The number of aromatic carboxylic acids is 1. The van der Waals surface area contributed by atoms with Crippen molar-refractivity contribution in [3.05, 3.63) is 39.3 Å². The summed E-state index contributed by atoms with van der Waals surface area (Å²) in [6.45, 7) is 1.52. The Hall–Kier alpha value is -2.62. The summed E-state index contributed by atoms with van der Waals surface area (Å²) in [5.41, 5.74) is -1.12. The van der Waals surface area contributed by atoms with Gasteiger partial charge < -0.3 is 15.2 Å². The maximum atomic E-state index is 12.5. The van der Waals surface area contributed by atoms with E-state index < -0.39 is 28.8 Å². The van der Waals surface area contributed by atoms with E-state index >= 15 is 0 Å². The number of amides is 1. The number of rotatable bonds is 4. The number of hydrogen-bond donors (Lipinski definition) is 2. The minimum absolute atomic E-state index is 0.0596. The molecule has 128 valence electrons. The number of nitrogens with zero attached hydrogens (tertiary/aromatic N) is 1. The number of thiazole rings is 1. The topological polar surface area (TPSA) is 88.5 Å². The summed E-state index contributed by atoms with van der Waals surface area (Å²) in [5.74, 6) is -1.91. The third-order valence-corrected chi connectivity index (χ3v) is 3.93. The molecule has 1 heterocycles. The van der Waals surface area contributed by atoms with Gasteiger partial charge >= 0.3 is 12.1 Å². The van der Waals surface area contributed by atoms with E-state index in [0.717, 1.165) is 0 Å². The van der Waals surface area contributed by atoms with E-state index in [9.17, 15) is 27.9 Å². The van der Waals surface area contributed by atoms with Crippen LogP contribution in [0.3, 0.4) is 0 Å². The quantitative estimate of drug-likeness (QED) is 0.872. The molecule has 0 radical (unpaired) electrons. The average Bonchev–Trinajstić information content (AvgIpc) is 2.99. The van der Waals surface area contributed by atoms with Crippen LogP contribution in [0.4, 0.5) is 18.9 Å². The number of halogens is 3. The van der Waals surface area contributed by atoms with Crippen LogP contribution >= 0.6 is 11.3 Å². The molecule has 1 aromatic heterocycles. The molecule has 0 aliphatic carbocycles. The number of aromatic nitrogens is 1. The molecule has 0 atom stereocenters. The van der Waals surface area contributed by atoms with Gasteiger partial charge in [0.2, 0.25) is 0 Å². The Morgan fingerprint density at radius 3 is 2.50 bits per heavy atom. The van der Waals surface area contributed by atoms with Crippen LogP contribution in [0.25, 0.3) is 0 Å². The first-order valence-electron chi connectivity index (χ1n) is 6.40. The standard InChI is InChI=1S/C14H11F3N2O4S/c1-6-8(23-2)4-3-7(13(21)22)10(6)19-11(20)12-18-9(5-24-12)14(15,16)17/h3-5H,1-2H3,(H,19,20)(H,21,22). The fourth-order valence-electron chi connectivity index (χ4n) is 1.93. The Labute approximate surface area is 137 Å². The van der Waals surface area contributed by atoms with E-state index in [0.29, 0.717) is 28.0 Å². The van der Waals surface area contributed by atoms with Gasteiger partial charge in [0.05, 0.1) is 18.4 Å². The summed E-state index contributed by atoms with van der Waals surface area (Å²) in [6.07, 6.45) is -4.66. The lowest BCUT2D eigenvalue weighted by atomic mass is 10.1. The number of hydrogen-bond acceptors (Lipinski definition) is 5. The summed E-state index contributed by atoms with van der Waals surface area (Å²) < 4.78 is 42.7. The minimum atomic E-state index is -4.66. The number of nitrogens with one attached hydrogen (secondary N) is 1. The molecule has 1 aromatic carbocycles. The lowest BCUT2D eigenvalue weighted by Crippen LogP contribution is -2.17. The first-order valence-corrected chi connectivity index (χ1v) is 7.28. The summed E-state index contributed by atoms with van der Waals surface area (Å²) in [4.78, 5) is 26.6. The van der Waals surface area contributed by atoms with Crippen LogP contribution in [0.1, 0.15) is 31.4 Å². The Kier molecular flexibility index (Phi) is 4.78. The Morgan fingerprint density at radius 1 is 1.33 bits per heavy atom. The molecule has 0 saturated heterocycles. The monoisotopic (exact) mass is 360 g/mol. The summed E-state index contributed by atoms with van der Waals surface area (Å²) in [7, 11) is 1.37. The highest BCUT2D eigenvalue weighted by Gasteiger charge is 2.34. The number of anilines is 1. The number of benzene rings is 1. The summed E-state index contributed by atoms with van der Waals surface area (Å²) in [5, 5.41) is 11.8. The maximum Gasteiger partial charge on any atom is 0.434 e. The Bertz CT molecular complexity index is 802. The lowest BCUT2D eigenvalue weighted by Gasteiger charge is -2.14. The van der Waals surface area contributed by atoms with Gasteiger partial charge in [0.25, 0.3) is 5.91 Å². The average molecular weight is 360 g/mol. The van der Waals surface area contributed by atoms with Crippen molar-refractivity contribution in [3.63, 3.8) is 0 Å². The molecule has 0 spiro atoms. The molecule has 0 aliphatic rings. The summed E-state index contributed by atoms with van der Waals surface area (Å²) >= 11 is 0.512. The lowest BCUT2D eigenvalue weighted by molar-refractivity contribution is -0.140. The van der Waals surface area contributed by atoms with Gasteiger partial charge in [0.15, 0.2) is 10.7 Å². The van der Waals surface area contributed by atoms with Crippen molar-refractivity contribution < 1.29 is 32.6 Å². The van der Waals surface area contributed by atoms with Gasteiger partial charge in [-0.25, -0.2) is 9.78 Å². The molecule has 10 heteroatoms. The molecule has 0 bridgehead atoms. The second-order valence-electron chi connectivity index (χ2n) is 4.61. The maximum absolute atomic E-state index is 12.5. The molecule has 2 N–H and O–H groups in total. The fourth-order valence-corrected chi connectivity index (χ4v) is 2.65. The second kappa shape index (κ2) is 6.48. The number of carboxylic acid groups (broad SMARTS) is 1. The zero-order valence-corrected chi connectivity index (χ0v) is 13.2. The highest BCUT2D eigenvalue weighted by atomic mass is 32.1. The van der Waals surface area contributed by atoms with Gasteiger partial charge in [-0.3, -0.25) is 4.79 Å². The molecule has 1 amide bonds. The Balaban J connectivity index is 2.38. The van der Waals surface area contributed by atoms with Crippen LogP contribution in [0.5, 0.6) is 5.75 Å². The van der Waals surface area contributed by atoms with Crippen molar-refractivity contribution in [2.45, 2.75) is 13.1 Å². The minimum Gasteiger partial charge on any atom is -0.496 e. The van der Waals surface area contributed by atoms with Gasteiger partial charge in [-0.1, -0.05) is 0 Å². The van der Waals surface area contributed by atoms with E-state index in [1.54, 1.807) is 0 Å². The smallest absolute Gasteiger partial charge is 0.434 e. The van der Waals surface area contributed by atoms with Crippen molar-refractivity contribution in [3.8, 4) is 5.75 Å². The van der Waals surface area contributed by atoms with Crippen molar-refractivity contribution >= 4 is 28.9 Å². The van der Waals surface area contributed by atoms with Crippen LogP contribution < -0.4 is 10.1 Å². The predicted molar refractivity (Wildman–Crippen MR) is 79.8 cm³/mol.